The van der Waals surface area contributed by atoms with Crippen molar-refractivity contribution in [1.29, 1.82) is 0 Å². The molecule has 1 aromatic heterocycles. The van der Waals surface area contributed by atoms with Crippen LogP contribution in [0.25, 0.3) is 0 Å². The highest BCUT2D eigenvalue weighted by Gasteiger charge is 2.16. The molecule has 2 rings (SSSR count). The zero-order chi connectivity index (χ0) is 13.1. The van der Waals surface area contributed by atoms with Crippen molar-refractivity contribution >= 4 is 5.78 Å². The van der Waals surface area contributed by atoms with Crippen LogP contribution in [0.2, 0.25) is 0 Å². The van der Waals surface area contributed by atoms with E-state index in [4.69, 9.17) is 0 Å². The van der Waals surface area contributed by atoms with E-state index in [1.165, 1.54) is 6.20 Å². The molecular formula is C13H12F2N2O. The topological polar surface area (TPSA) is 34.9 Å². The van der Waals surface area contributed by atoms with Crippen LogP contribution in [0.15, 0.2) is 30.6 Å². The summed E-state index contributed by atoms with van der Waals surface area (Å²) in [6.45, 7) is 2.61. The summed E-state index contributed by atoms with van der Waals surface area (Å²) < 4.78 is 27.8. The molecule has 2 aromatic rings. The summed E-state index contributed by atoms with van der Waals surface area (Å²) in [6.07, 6.45) is 4.01. The van der Waals surface area contributed by atoms with Crippen LogP contribution in [-0.2, 0) is 6.54 Å². The Labute approximate surface area is 103 Å². The SMILES string of the molecule is CCCn1ccnc1C(=O)c1cc(F)cc(F)c1. The minimum atomic E-state index is -0.771. The molecule has 0 radical (unpaired) electrons. The van der Waals surface area contributed by atoms with Crippen molar-refractivity contribution in [2.75, 3.05) is 0 Å². The summed E-state index contributed by atoms with van der Waals surface area (Å²) in [7, 11) is 0. The number of hydrogen-bond donors (Lipinski definition) is 0. The molecule has 0 N–H and O–H groups in total. The third-order valence-corrected chi connectivity index (χ3v) is 2.51. The van der Waals surface area contributed by atoms with Gasteiger partial charge in [0.15, 0.2) is 5.82 Å². The molecule has 94 valence electrons. The molecule has 0 aliphatic rings. The van der Waals surface area contributed by atoms with Crippen LogP contribution in [0, 0.1) is 11.6 Å². The molecule has 18 heavy (non-hydrogen) atoms. The number of ketones is 1. The Hall–Kier alpha value is -2.04. The highest BCUT2D eigenvalue weighted by Crippen LogP contribution is 2.13. The normalized spacial score (nSPS) is 10.6. The van der Waals surface area contributed by atoms with Gasteiger partial charge in [-0.15, -0.1) is 0 Å². The second-order valence-corrected chi connectivity index (χ2v) is 3.93. The molecule has 0 saturated heterocycles. The summed E-state index contributed by atoms with van der Waals surface area (Å²) in [4.78, 5) is 16.0. The minimum absolute atomic E-state index is 0.0314. The Morgan fingerprint density at radius 3 is 2.56 bits per heavy atom. The van der Waals surface area contributed by atoms with Gasteiger partial charge in [0.25, 0.3) is 0 Å². The van der Waals surface area contributed by atoms with Gasteiger partial charge in [0, 0.05) is 30.6 Å². The van der Waals surface area contributed by atoms with Crippen LogP contribution in [0.1, 0.15) is 29.5 Å². The Balaban J connectivity index is 2.38. The van der Waals surface area contributed by atoms with Crippen molar-refractivity contribution in [2.24, 2.45) is 0 Å². The lowest BCUT2D eigenvalue weighted by molar-refractivity contribution is 0.102. The number of carbonyl (C=O) groups excluding carboxylic acids is 1. The number of aromatic nitrogens is 2. The number of nitrogens with zero attached hydrogens (tertiary/aromatic N) is 2. The smallest absolute Gasteiger partial charge is 0.228 e. The summed E-state index contributed by atoms with van der Waals surface area (Å²) in [6, 6.07) is 2.75. The van der Waals surface area contributed by atoms with Gasteiger partial charge in [0.1, 0.15) is 11.6 Å². The average molecular weight is 250 g/mol. The third kappa shape index (κ3) is 2.45. The summed E-state index contributed by atoms with van der Waals surface area (Å²) in [5.74, 6) is -1.83. The quantitative estimate of drug-likeness (QED) is 0.782. The number of carbonyl (C=O) groups is 1. The van der Waals surface area contributed by atoms with E-state index in [0.717, 1.165) is 24.6 Å². The van der Waals surface area contributed by atoms with E-state index in [0.29, 0.717) is 6.54 Å². The lowest BCUT2D eigenvalue weighted by Gasteiger charge is -2.05. The van der Waals surface area contributed by atoms with Gasteiger partial charge in [-0.2, -0.15) is 0 Å². The molecule has 0 amide bonds. The maximum Gasteiger partial charge on any atom is 0.228 e. The maximum absolute atomic E-state index is 13.1. The zero-order valence-corrected chi connectivity index (χ0v) is 9.86. The zero-order valence-electron chi connectivity index (χ0n) is 9.86. The van der Waals surface area contributed by atoms with Crippen LogP contribution >= 0.6 is 0 Å². The van der Waals surface area contributed by atoms with Crippen LogP contribution < -0.4 is 0 Å². The van der Waals surface area contributed by atoms with Gasteiger partial charge < -0.3 is 4.57 Å². The fraction of sp³-hybridized carbons (Fsp3) is 0.231. The highest BCUT2D eigenvalue weighted by molar-refractivity contribution is 6.06. The number of hydrogen-bond acceptors (Lipinski definition) is 2. The van der Waals surface area contributed by atoms with Gasteiger partial charge in [-0.3, -0.25) is 4.79 Å². The number of imidazole rings is 1. The molecule has 5 heteroatoms. The van der Waals surface area contributed by atoms with E-state index in [9.17, 15) is 13.6 Å². The first-order valence-corrected chi connectivity index (χ1v) is 5.63. The molecular weight excluding hydrogens is 238 g/mol. The van der Waals surface area contributed by atoms with Crippen LogP contribution in [-0.4, -0.2) is 15.3 Å². The number of benzene rings is 1. The average Bonchev–Trinajstić information content (AvgIpc) is 2.75. The molecule has 0 unspecified atom stereocenters. The van der Waals surface area contributed by atoms with Gasteiger partial charge in [0.2, 0.25) is 5.78 Å². The first-order chi connectivity index (χ1) is 8.61. The molecule has 0 spiro atoms. The van der Waals surface area contributed by atoms with E-state index in [-0.39, 0.29) is 11.4 Å². The Morgan fingerprint density at radius 1 is 1.28 bits per heavy atom. The van der Waals surface area contributed by atoms with Crippen LogP contribution in [0.4, 0.5) is 8.78 Å². The Kier molecular flexibility index (Phi) is 3.50. The molecule has 0 fully saturated rings. The molecule has 1 heterocycles. The van der Waals surface area contributed by atoms with Crippen LogP contribution in [0.5, 0.6) is 0 Å². The fourth-order valence-corrected chi connectivity index (χ4v) is 1.75. The monoisotopic (exact) mass is 250 g/mol. The van der Waals surface area contributed by atoms with Crippen molar-refractivity contribution in [3.05, 3.63) is 53.6 Å². The second-order valence-electron chi connectivity index (χ2n) is 3.93. The van der Waals surface area contributed by atoms with Gasteiger partial charge in [-0.25, -0.2) is 13.8 Å². The summed E-state index contributed by atoms with van der Waals surface area (Å²) in [5.41, 5.74) is -0.0314. The van der Waals surface area contributed by atoms with Gasteiger partial charge in [-0.05, 0) is 18.6 Å². The lowest BCUT2D eigenvalue weighted by Crippen LogP contribution is -2.11. The van der Waals surface area contributed by atoms with Crippen molar-refractivity contribution in [3.63, 3.8) is 0 Å². The minimum Gasteiger partial charge on any atom is -0.328 e. The van der Waals surface area contributed by atoms with E-state index < -0.39 is 17.4 Å². The molecule has 0 aliphatic heterocycles. The summed E-state index contributed by atoms with van der Waals surface area (Å²) >= 11 is 0. The van der Waals surface area contributed by atoms with E-state index in [2.05, 4.69) is 4.98 Å². The lowest BCUT2D eigenvalue weighted by atomic mass is 10.1. The maximum atomic E-state index is 13.1. The second kappa shape index (κ2) is 5.08. The number of aryl methyl sites for hydroxylation is 1. The van der Waals surface area contributed by atoms with E-state index in [1.54, 1.807) is 10.8 Å². The van der Waals surface area contributed by atoms with Crippen molar-refractivity contribution in [3.8, 4) is 0 Å². The Morgan fingerprint density at radius 2 is 1.94 bits per heavy atom. The highest BCUT2D eigenvalue weighted by atomic mass is 19.1. The molecule has 0 saturated carbocycles. The third-order valence-electron chi connectivity index (χ3n) is 2.51. The van der Waals surface area contributed by atoms with Gasteiger partial charge in [-0.1, -0.05) is 6.92 Å². The molecule has 0 atom stereocenters. The van der Waals surface area contributed by atoms with Crippen LogP contribution in [0.3, 0.4) is 0 Å². The first-order valence-electron chi connectivity index (χ1n) is 5.63. The molecule has 3 nitrogen and oxygen atoms in total. The van der Waals surface area contributed by atoms with E-state index in [1.807, 2.05) is 6.92 Å². The molecule has 0 aliphatic carbocycles. The predicted octanol–water partition coefficient (Wildman–Crippen LogP) is 2.80. The van der Waals surface area contributed by atoms with Crippen molar-refractivity contribution in [1.82, 2.24) is 9.55 Å². The molecule has 0 bridgehead atoms. The standard InChI is InChI=1S/C13H12F2N2O/c1-2-4-17-5-3-16-13(17)12(18)9-6-10(14)8-11(15)7-9/h3,5-8H,2,4H2,1H3. The number of rotatable bonds is 4. The fourth-order valence-electron chi connectivity index (χ4n) is 1.75. The first kappa shape index (κ1) is 12.4. The van der Waals surface area contributed by atoms with Crippen molar-refractivity contribution < 1.29 is 13.6 Å². The van der Waals surface area contributed by atoms with Crippen molar-refractivity contribution in [2.45, 2.75) is 19.9 Å². The largest absolute Gasteiger partial charge is 0.328 e. The predicted molar refractivity (Wildman–Crippen MR) is 62.3 cm³/mol. The number of halogens is 2. The van der Waals surface area contributed by atoms with Gasteiger partial charge >= 0.3 is 0 Å². The molecule has 1 aromatic carbocycles. The van der Waals surface area contributed by atoms with E-state index >= 15 is 0 Å². The van der Waals surface area contributed by atoms with Gasteiger partial charge in [0.05, 0.1) is 0 Å². The summed E-state index contributed by atoms with van der Waals surface area (Å²) in [5, 5.41) is 0. The Bertz CT molecular complexity index is 558.